The fourth-order valence-electron chi connectivity index (χ4n) is 2.11. The fourth-order valence-corrected chi connectivity index (χ4v) is 2.11. The molecule has 0 aromatic heterocycles. The zero-order valence-corrected chi connectivity index (χ0v) is 10.2. The molecule has 1 atom stereocenters. The molecule has 1 aromatic rings. The number of rotatable bonds is 2. The highest BCUT2D eigenvalue weighted by Gasteiger charge is 2.25. The lowest BCUT2D eigenvalue weighted by molar-refractivity contribution is 0.0579. The van der Waals surface area contributed by atoms with Crippen LogP contribution >= 0.6 is 12.4 Å². The molecular weight excluding hydrogens is 248 g/mol. The zero-order valence-electron chi connectivity index (χ0n) is 9.36. The Labute approximate surface area is 106 Å². The van der Waals surface area contributed by atoms with Gasteiger partial charge in [-0.3, -0.25) is 0 Å². The van der Waals surface area contributed by atoms with Gasteiger partial charge in [0.1, 0.15) is 0 Å². The lowest BCUT2D eigenvalue weighted by atomic mass is 9.87. The van der Waals surface area contributed by atoms with Crippen LogP contribution in [0.15, 0.2) is 18.2 Å². The van der Waals surface area contributed by atoms with E-state index < -0.39 is 17.7 Å². The molecule has 96 valence electrons. The van der Waals surface area contributed by atoms with E-state index in [9.17, 15) is 8.78 Å². The van der Waals surface area contributed by atoms with Crippen molar-refractivity contribution in [2.75, 3.05) is 13.2 Å². The summed E-state index contributed by atoms with van der Waals surface area (Å²) in [7, 11) is 0. The van der Waals surface area contributed by atoms with E-state index >= 15 is 0 Å². The van der Waals surface area contributed by atoms with Gasteiger partial charge in [0.2, 0.25) is 0 Å². The van der Waals surface area contributed by atoms with Crippen LogP contribution in [-0.4, -0.2) is 13.2 Å². The molecule has 1 saturated heterocycles. The van der Waals surface area contributed by atoms with Gasteiger partial charge in [-0.2, -0.15) is 0 Å². The van der Waals surface area contributed by atoms with E-state index in [1.165, 1.54) is 6.07 Å². The summed E-state index contributed by atoms with van der Waals surface area (Å²) in [5, 5.41) is 0. The van der Waals surface area contributed by atoms with Crippen molar-refractivity contribution in [2.24, 2.45) is 11.7 Å². The monoisotopic (exact) mass is 263 g/mol. The molecule has 1 aliphatic heterocycles. The van der Waals surface area contributed by atoms with E-state index in [-0.39, 0.29) is 23.9 Å². The molecule has 2 nitrogen and oxygen atoms in total. The van der Waals surface area contributed by atoms with Crippen LogP contribution in [0.1, 0.15) is 24.4 Å². The van der Waals surface area contributed by atoms with Gasteiger partial charge in [-0.1, -0.05) is 12.1 Å². The largest absolute Gasteiger partial charge is 0.381 e. The van der Waals surface area contributed by atoms with E-state index in [2.05, 4.69) is 0 Å². The summed E-state index contributed by atoms with van der Waals surface area (Å²) < 4.78 is 31.8. The van der Waals surface area contributed by atoms with Crippen LogP contribution in [0.5, 0.6) is 0 Å². The average Bonchev–Trinajstić information content (AvgIpc) is 2.33. The molecule has 1 aliphatic rings. The number of hydrogen-bond acceptors (Lipinski definition) is 2. The minimum Gasteiger partial charge on any atom is -0.381 e. The molecule has 0 spiro atoms. The highest BCUT2D eigenvalue weighted by Crippen LogP contribution is 2.29. The molecule has 17 heavy (non-hydrogen) atoms. The normalized spacial score (nSPS) is 18.5. The van der Waals surface area contributed by atoms with Gasteiger partial charge >= 0.3 is 0 Å². The number of halogens is 3. The van der Waals surface area contributed by atoms with Gasteiger partial charge in [-0.15, -0.1) is 12.4 Å². The van der Waals surface area contributed by atoms with Crippen molar-refractivity contribution in [1.29, 1.82) is 0 Å². The Morgan fingerprint density at radius 3 is 2.53 bits per heavy atom. The minimum absolute atomic E-state index is 0. The SMILES string of the molecule is Cl.N[C@@H](c1cccc(F)c1F)C1CCOCC1. The second-order valence-electron chi connectivity index (χ2n) is 4.12. The lowest BCUT2D eigenvalue weighted by Crippen LogP contribution is -2.28. The Bertz CT molecular complexity index is 370. The maximum Gasteiger partial charge on any atom is 0.163 e. The third-order valence-electron chi connectivity index (χ3n) is 3.11. The summed E-state index contributed by atoms with van der Waals surface area (Å²) in [4.78, 5) is 0. The smallest absolute Gasteiger partial charge is 0.163 e. The number of ether oxygens (including phenoxy) is 1. The maximum atomic E-state index is 13.5. The molecule has 1 heterocycles. The van der Waals surface area contributed by atoms with Crippen molar-refractivity contribution in [1.82, 2.24) is 0 Å². The van der Waals surface area contributed by atoms with Gasteiger partial charge in [-0.25, -0.2) is 8.78 Å². The summed E-state index contributed by atoms with van der Waals surface area (Å²) in [6.45, 7) is 1.30. The average molecular weight is 264 g/mol. The maximum absolute atomic E-state index is 13.5. The molecule has 2 N–H and O–H groups in total. The van der Waals surface area contributed by atoms with E-state index in [4.69, 9.17) is 10.5 Å². The van der Waals surface area contributed by atoms with Crippen molar-refractivity contribution in [3.8, 4) is 0 Å². The van der Waals surface area contributed by atoms with Crippen LogP contribution in [-0.2, 0) is 4.74 Å². The van der Waals surface area contributed by atoms with Crippen LogP contribution in [0.3, 0.4) is 0 Å². The van der Waals surface area contributed by atoms with Crippen molar-refractivity contribution in [3.05, 3.63) is 35.4 Å². The van der Waals surface area contributed by atoms with Crippen LogP contribution in [0.4, 0.5) is 8.78 Å². The minimum atomic E-state index is -0.833. The van der Waals surface area contributed by atoms with Crippen LogP contribution in [0.2, 0.25) is 0 Å². The van der Waals surface area contributed by atoms with Gasteiger partial charge in [0.15, 0.2) is 11.6 Å². The van der Waals surface area contributed by atoms with Crippen molar-refractivity contribution >= 4 is 12.4 Å². The molecule has 0 amide bonds. The summed E-state index contributed by atoms with van der Waals surface area (Å²) >= 11 is 0. The molecule has 5 heteroatoms. The summed E-state index contributed by atoms with van der Waals surface area (Å²) in [5.41, 5.74) is 6.25. The summed E-state index contributed by atoms with van der Waals surface area (Å²) in [6, 6.07) is 3.71. The van der Waals surface area contributed by atoms with E-state index in [0.29, 0.717) is 13.2 Å². The van der Waals surface area contributed by atoms with Gasteiger partial charge in [-0.05, 0) is 24.8 Å². The second-order valence-corrected chi connectivity index (χ2v) is 4.12. The molecule has 0 radical (unpaired) electrons. The van der Waals surface area contributed by atoms with Gasteiger partial charge < -0.3 is 10.5 Å². The Morgan fingerprint density at radius 1 is 1.24 bits per heavy atom. The molecule has 0 saturated carbocycles. The van der Waals surface area contributed by atoms with E-state index in [1.54, 1.807) is 6.07 Å². The van der Waals surface area contributed by atoms with Gasteiger partial charge in [0.25, 0.3) is 0 Å². The standard InChI is InChI=1S/C12H15F2NO.ClH/c13-10-3-1-2-9(11(10)14)12(15)8-4-6-16-7-5-8;/h1-3,8,12H,4-7,15H2;1H/t12-;/m1./s1. The summed E-state index contributed by atoms with van der Waals surface area (Å²) in [6.07, 6.45) is 1.61. The fraction of sp³-hybridized carbons (Fsp3) is 0.500. The van der Waals surface area contributed by atoms with Crippen LogP contribution in [0.25, 0.3) is 0 Å². The quantitative estimate of drug-likeness (QED) is 0.891. The van der Waals surface area contributed by atoms with Gasteiger partial charge in [0.05, 0.1) is 0 Å². The van der Waals surface area contributed by atoms with Crippen molar-refractivity contribution in [3.63, 3.8) is 0 Å². The zero-order chi connectivity index (χ0) is 11.5. The summed E-state index contributed by atoms with van der Waals surface area (Å²) in [5.74, 6) is -1.48. The van der Waals surface area contributed by atoms with Crippen molar-refractivity contribution in [2.45, 2.75) is 18.9 Å². The second kappa shape index (κ2) is 6.28. The molecular formula is C12H16ClF2NO. The molecule has 0 aliphatic carbocycles. The Hall–Kier alpha value is -0.710. The van der Waals surface area contributed by atoms with Gasteiger partial charge in [0, 0.05) is 24.8 Å². The highest BCUT2D eigenvalue weighted by molar-refractivity contribution is 5.85. The highest BCUT2D eigenvalue weighted by atomic mass is 35.5. The lowest BCUT2D eigenvalue weighted by Gasteiger charge is -2.28. The topological polar surface area (TPSA) is 35.2 Å². The first-order chi connectivity index (χ1) is 7.70. The van der Waals surface area contributed by atoms with Crippen LogP contribution in [0, 0.1) is 17.6 Å². The molecule has 0 bridgehead atoms. The third kappa shape index (κ3) is 3.15. The molecule has 1 aromatic carbocycles. The molecule has 2 rings (SSSR count). The Balaban J connectivity index is 0.00000144. The molecule has 0 unspecified atom stereocenters. The Morgan fingerprint density at radius 2 is 1.88 bits per heavy atom. The predicted octanol–water partition coefficient (Wildman–Crippen LogP) is 2.81. The first-order valence-electron chi connectivity index (χ1n) is 5.47. The third-order valence-corrected chi connectivity index (χ3v) is 3.11. The number of benzene rings is 1. The first-order valence-corrected chi connectivity index (χ1v) is 5.47. The number of nitrogens with two attached hydrogens (primary N) is 1. The van der Waals surface area contributed by atoms with E-state index in [1.807, 2.05) is 0 Å². The first kappa shape index (κ1) is 14.4. The van der Waals surface area contributed by atoms with Crippen molar-refractivity contribution < 1.29 is 13.5 Å². The Kier molecular flexibility index (Phi) is 5.31. The van der Waals surface area contributed by atoms with E-state index in [0.717, 1.165) is 18.9 Å². The number of hydrogen-bond donors (Lipinski definition) is 1. The predicted molar refractivity (Wildman–Crippen MR) is 64.1 cm³/mol. The van der Waals surface area contributed by atoms with Crippen LogP contribution < -0.4 is 5.73 Å². The molecule has 1 fully saturated rings.